The molecule has 0 radical (unpaired) electrons. The van der Waals surface area contributed by atoms with Crippen LogP contribution in [0.2, 0.25) is 5.02 Å². The first-order chi connectivity index (χ1) is 12.4. The zero-order chi connectivity index (χ0) is 18.6. The molecule has 0 aromatic heterocycles. The Morgan fingerprint density at radius 2 is 1.66 bits per heavy atom. The average Bonchev–Trinajstić information content (AvgIpc) is 2.59. The molecule has 2 fully saturated rings. The van der Waals surface area contributed by atoms with E-state index in [4.69, 9.17) is 11.6 Å². The Bertz CT molecular complexity index is 562. The first-order valence-corrected chi connectivity index (χ1v) is 11.0. The molecular weight excluding hydrogens is 427 g/mol. The largest absolute Gasteiger partial charge is 0.412 e. The topological polar surface area (TPSA) is 38.0 Å². The van der Waals surface area contributed by atoms with Gasteiger partial charge in [0.25, 0.3) is 0 Å². The van der Waals surface area contributed by atoms with Crippen LogP contribution in [-0.2, 0) is 6.54 Å². The molecular formula is C23H41Cl3N2O. The third kappa shape index (κ3) is 9.33. The van der Waals surface area contributed by atoms with E-state index in [1.807, 2.05) is 12.1 Å². The molecule has 1 aliphatic heterocycles. The predicted octanol–water partition coefficient (Wildman–Crippen LogP) is 5.86. The van der Waals surface area contributed by atoms with E-state index in [1.165, 1.54) is 70.3 Å². The normalized spacial score (nSPS) is 24.2. The molecule has 0 spiro atoms. The quantitative estimate of drug-likeness (QED) is 0.525. The molecule has 29 heavy (non-hydrogen) atoms. The van der Waals surface area contributed by atoms with Crippen molar-refractivity contribution in [2.24, 2.45) is 11.3 Å². The maximum absolute atomic E-state index is 6.10. The molecule has 1 saturated heterocycles. The van der Waals surface area contributed by atoms with Crippen LogP contribution in [0.3, 0.4) is 0 Å². The minimum absolute atomic E-state index is 0. The van der Waals surface area contributed by atoms with E-state index < -0.39 is 0 Å². The van der Waals surface area contributed by atoms with Gasteiger partial charge >= 0.3 is 0 Å². The Morgan fingerprint density at radius 3 is 2.24 bits per heavy atom. The summed E-state index contributed by atoms with van der Waals surface area (Å²) in [5.41, 5.74) is 1.86. The van der Waals surface area contributed by atoms with Gasteiger partial charge in [0.2, 0.25) is 0 Å². The molecule has 170 valence electrons. The summed E-state index contributed by atoms with van der Waals surface area (Å²) in [6.07, 6.45) is 8.21. The summed E-state index contributed by atoms with van der Waals surface area (Å²) in [7, 11) is 0. The number of piperidine rings is 1. The van der Waals surface area contributed by atoms with Crippen LogP contribution in [0.1, 0.15) is 64.9 Å². The fraction of sp³-hybridized carbons (Fsp3) is 0.739. The summed E-state index contributed by atoms with van der Waals surface area (Å²) in [5.74, 6) is 0.825. The van der Waals surface area contributed by atoms with Gasteiger partial charge in [0.1, 0.15) is 0 Å². The van der Waals surface area contributed by atoms with Crippen LogP contribution in [0.15, 0.2) is 24.3 Å². The zero-order valence-electron chi connectivity index (χ0n) is 18.3. The highest BCUT2D eigenvalue weighted by molar-refractivity contribution is 6.30. The van der Waals surface area contributed by atoms with Crippen molar-refractivity contribution in [3.05, 3.63) is 34.9 Å². The lowest BCUT2D eigenvalue weighted by molar-refractivity contribution is 0.0529. The molecule has 6 heteroatoms. The predicted molar refractivity (Wildman–Crippen MR) is 131 cm³/mol. The van der Waals surface area contributed by atoms with Crippen LogP contribution in [0, 0.1) is 11.3 Å². The Morgan fingerprint density at radius 1 is 1.03 bits per heavy atom. The van der Waals surface area contributed by atoms with Crippen LogP contribution in [0.4, 0.5) is 0 Å². The molecule has 1 heterocycles. The summed E-state index contributed by atoms with van der Waals surface area (Å²) >= 11 is 6.10. The molecule has 1 aliphatic carbocycles. The van der Waals surface area contributed by atoms with Crippen molar-refractivity contribution in [2.45, 2.75) is 71.9 Å². The smallest absolute Gasteiger partial charge is 0.0406 e. The summed E-state index contributed by atoms with van der Waals surface area (Å²) < 4.78 is 0. The van der Waals surface area contributed by atoms with Gasteiger partial charge in [0.05, 0.1) is 0 Å². The first kappa shape index (κ1) is 29.0. The summed E-state index contributed by atoms with van der Waals surface area (Å²) in [4.78, 5) is 5.45. The van der Waals surface area contributed by atoms with Crippen molar-refractivity contribution >= 4 is 36.4 Å². The molecule has 3 rings (SSSR count). The second-order valence-electron chi connectivity index (χ2n) is 9.57. The molecule has 1 aromatic carbocycles. The number of nitrogens with zero attached hydrogens (tertiary/aromatic N) is 2. The van der Waals surface area contributed by atoms with E-state index in [9.17, 15) is 0 Å². The van der Waals surface area contributed by atoms with Gasteiger partial charge in [-0.15, -0.1) is 24.8 Å². The van der Waals surface area contributed by atoms with Gasteiger partial charge in [-0.2, -0.15) is 0 Å². The summed E-state index contributed by atoms with van der Waals surface area (Å²) in [6.45, 7) is 13.4. The molecule has 3 nitrogen and oxygen atoms in total. The fourth-order valence-electron chi connectivity index (χ4n) is 5.24. The van der Waals surface area contributed by atoms with Crippen molar-refractivity contribution in [1.82, 2.24) is 9.80 Å². The zero-order valence-corrected chi connectivity index (χ0v) is 20.7. The van der Waals surface area contributed by atoms with Gasteiger partial charge in [-0.3, -0.25) is 4.90 Å². The molecule has 1 aromatic rings. The van der Waals surface area contributed by atoms with Gasteiger partial charge in [0.15, 0.2) is 0 Å². The summed E-state index contributed by atoms with van der Waals surface area (Å²) in [5, 5.41) is 0.834. The van der Waals surface area contributed by atoms with Crippen molar-refractivity contribution in [2.75, 3.05) is 26.2 Å². The molecule has 0 bridgehead atoms. The number of hydrogen-bond donors (Lipinski definition) is 0. The van der Waals surface area contributed by atoms with Crippen molar-refractivity contribution < 1.29 is 5.48 Å². The van der Waals surface area contributed by atoms with Crippen LogP contribution in [-0.4, -0.2) is 47.5 Å². The van der Waals surface area contributed by atoms with E-state index in [-0.39, 0.29) is 30.3 Å². The lowest BCUT2D eigenvalue weighted by atomic mass is 9.70. The first-order valence-electron chi connectivity index (χ1n) is 10.6. The summed E-state index contributed by atoms with van der Waals surface area (Å²) in [6, 6.07) is 9.18. The number of halogens is 3. The molecule has 0 amide bonds. The molecule has 2 aliphatic rings. The van der Waals surface area contributed by atoms with E-state index >= 15 is 0 Å². The molecule has 1 saturated carbocycles. The van der Waals surface area contributed by atoms with E-state index in [0.29, 0.717) is 11.5 Å². The number of rotatable bonds is 6. The van der Waals surface area contributed by atoms with Crippen LogP contribution in [0.5, 0.6) is 0 Å². The van der Waals surface area contributed by atoms with Crippen LogP contribution < -0.4 is 0 Å². The second-order valence-corrected chi connectivity index (χ2v) is 10.0. The standard InChI is InChI=1S/C23H37ClN2.2ClH.H2O/c1-19-15-22(17-23(2,3)16-19)26(14-13-25-11-5-4-6-12-25)18-20-7-9-21(24)10-8-20;;;/h7-10,19,22H,4-6,11-18H2,1-3H3;2*1H;1H2. The van der Waals surface area contributed by atoms with Crippen molar-refractivity contribution in [3.8, 4) is 0 Å². The molecule has 2 unspecified atom stereocenters. The Balaban J connectivity index is 0.00000261. The van der Waals surface area contributed by atoms with Gasteiger partial charge in [0, 0.05) is 30.7 Å². The molecule has 2 atom stereocenters. The Labute approximate surface area is 195 Å². The average molecular weight is 468 g/mol. The minimum Gasteiger partial charge on any atom is -0.412 e. The monoisotopic (exact) mass is 466 g/mol. The van der Waals surface area contributed by atoms with Gasteiger partial charge in [-0.25, -0.2) is 0 Å². The lowest BCUT2D eigenvalue weighted by Gasteiger charge is -2.44. The van der Waals surface area contributed by atoms with Crippen molar-refractivity contribution in [3.63, 3.8) is 0 Å². The third-order valence-corrected chi connectivity index (χ3v) is 6.58. The van der Waals surface area contributed by atoms with Gasteiger partial charge in [-0.05, 0) is 74.2 Å². The van der Waals surface area contributed by atoms with E-state index in [0.717, 1.165) is 17.5 Å². The molecule has 2 N–H and O–H groups in total. The number of hydrogen-bond acceptors (Lipinski definition) is 2. The third-order valence-electron chi connectivity index (χ3n) is 6.33. The van der Waals surface area contributed by atoms with Gasteiger partial charge in [-0.1, -0.05) is 50.9 Å². The van der Waals surface area contributed by atoms with Crippen LogP contribution >= 0.6 is 36.4 Å². The Kier molecular flexibility index (Phi) is 13.4. The maximum atomic E-state index is 6.10. The highest BCUT2D eigenvalue weighted by Crippen LogP contribution is 2.40. The SMILES string of the molecule is CC1CC(N(CCN2CCCCC2)Cc2ccc(Cl)cc2)CC(C)(C)C1.Cl.Cl.O. The highest BCUT2D eigenvalue weighted by Gasteiger charge is 2.35. The number of benzene rings is 1. The van der Waals surface area contributed by atoms with Crippen LogP contribution in [0.25, 0.3) is 0 Å². The Hall–Kier alpha value is -0.0300. The minimum atomic E-state index is 0. The van der Waals surface area contributed by atoms with E-state index in [2.05, 4.69) is 42.7 Å². The fourth-order valence-corrected chi connectivity index (χ4v) is 5.37. The number of likely N-dealkylation sites (tertiary alicyclic amines) is 1. The maximum Gasteiger partial charge on any atom is 0.0406 e. The van der Waals surface area contributed by atoms with Gasteiger partial charge < -0.3 is 10.4 Å². The highest BCUT2D eigenvalue weighted by atomic mass is 35.5. The second kappa shape index (κ2) is 13.4. The van der Waals surface area contributed by atoms with Crippen molar-refractivity contribution in [1.29, 1.82) is 0 Å². The lowest BCUT2D eigenvalue weighted by Crippen LogP contribution is -2.46. The van der Waals surface area contributed by atoms with E-state index in [1.54, 1.807) is 0 Å².